The molecule has 0 fully saturated rings. The van der Waals surface area contributed by atoms with Crippen molar-refractivity contribution in [3.63, 3.8) is 0 Å². The number of rotatable bonds is 7. The van der Waals surface area contributed by atoms with E-state index in [-0.39, 0.29) is 0 Å². The van der Waals surface area contributed by atoms with Gasteiger partial charge in [0.05, 0.1) is 0 Å². The summed E-state index contributed by atoms with van der Waals surface area (Å²) in [6, 6.07) is 0. The van der Waals surface area contributed by atoms with Gasteiger partial charge < -0.3 is 0 Å². The molecule has 0 aliphatic rings. The van der Waals surface area contributed by atoms with Gasteiger partial charge in [-0.25, -0.2) is 0 Å². The van der Waals surface area contributed by atoms with Crippen LogP contribution in [0.3, 0.4) is 0 Å². The summed E-state index contributed by atoms with van der Waals surface area (Å²) < 4.78 is 0. The largest absolute Gasteiger partial charge is 0.0533 e. The molecule has 0 amide bonds. The third kappa shape index (κ3) is 8.00. The highest BCUT2D eigenvalue weighted by Crippen LogP contribution is 2.07. The average Bonchev–Trinajstić information content (AvgIpc) is 1.97. The maximum atomic E-state index is 3.81. The highest BCUT2D eigenvalue weighted by atomic mass is 13.9. The molecule has 0 aromatic carbocycles. The molecule has 0 spiro atoms. The second-order valence-corrected chi connectivity index (χ2v) is 2.83. The minimum Gasteiger partial charge on any atom is -0.0533 e. The van der Waals surface area contributed by atoms with Crippen LogP contribution in [-0.4, -0.2) is 0 Å². The molecule has 0 atom stereocenters. The van der Waals surface area contributed by atoms with Crippen LogP contribution in [0.15, 0.2) is 0 Å². The van der Waals surface area contributed by atoms with Gasteiger partial charge in [-0.2, -0.15) is 0 Å². The highest BCUT2D eigenvalue weighted by molar-refractivity contribution is 4.47. The lowest BCUT2D eigenvalue weighted by molar-refractivity contribution is 0.599. The Kier molecular flexibility index (Phi) is 9.00. The van der Waals surface area contributed by atoms with Crippen LogP contribution in [0.2, 0.25) is 0 Å². The molecule has 0 heteroatoms. The minimum atomic E-state index is 1.11. The summed E-state index contributed by atoms with van der Waals surface area (Å²) >= 11 is 0. The molecule has 0 unspecified atom stereocenters. The quantitative estimate of drug-likeness (QED) is 0.472. The summed E-state index contributed by atoms with van der Waals surface area (Å²) in [6.45, 7) is 7.62. The SMILES string of the molecule is [CH2]CCCCCCCC[CH2]. The molecule has 0 bridgehead atoms. The zero-order valence-corrected chi connectivity index (χ0v) is 7.07. The van der Waals surface area contributed by atoms with E-state index < -0.39 is 0 Å². The summed E-state index contributed by atoms with van der Waals surface area (Å²) in [5.41, 5.74) is 0. The zero-order chi connectivity index (χ0) is 7.66. The van der Waals surface area contributed by atoms with E-state index in [4.69, 9.17) is 0 Å². The Morgan fingerprint density at radius 1 is 0.500 bits per heavy atom. The van der Waals surface area contributed by atoms with Crippen molar-refractivity contribution >= 4 is 0 Å². The number of unbranched alkanes of at least 4 members (excludes halogenated alkanes) is 7. The zero-order valence-electron chi connectivity index (χ0n) is 7.07. The molecule has 0 saturated carbocycles. The molecule has 0 aliphatic heterocycles. The Bertz CT molecular complexity index is 40.0. The second-order valence-electron chi connectivity index (χ2n) is 2.83. The first-order valence-electron chi connectivity index (χ1n) is 4.50. The smallest absolute Gasteiger partial charge is 0.0533 e. The van der Waals surface area contributed by atoms with Crippen molar-refractivity contribution in [1.29, 1.82) is 0 Å². The summed E-state index contributed by atoms with van der Waals surface area (Å²) in [4.78, 5) is 0. The van der Waals surface area contributed by atoms with Gasteiger partial charge in [-0.1, -0.05) is 65.2 Å². The molecule has 0 nitrogen and oxygen atoms in total. The molecule has 2 radical (unpaired) electrons. The van der Waals surface area contributed by atoms with Crippen LogP contribution in [0.4, 0.5) is 0 Å². The fourth-order valence-electron chi connectivity index (χ4n) is 1.06. The lowest BCUT2D eigenvalue weighted by atomic mass is 10.1. The Balaban J connectivity index is 2.65. The maximum Gasteiger partial charge on any atom is -0.0533 e. The van der Waals surface area contributed by atoms with Gasteiger partial charge in [0, 0.05) is 0 Å². The van der Waals surface area contributed by atoms with Gasteiger partial charge in [0.15, 0.2) is 0 Å². The first-order chi connectivity index (χ1) is 4.91. The van der Waals surface area contributed by atoms with Crippen molar-refractivity contribution in [3.05, 3.63) is 13.8 Å². The Morgan fingerprint density at radius 2 is 0.800 bits per heavy atom. The predicted molar refractivity (Wildman–Crippen MR) is 47.7 cm³/mol. The predicted octanol–water partition coefficient (Wildman–Crippen LogP) is 3.78. The molecule has 60 valence electrons. The first-order valence-corrected chi connectivity index (χ1v) is 4.50. The lowest BCUT2D eigenvalue weighted by Crippen LogP contribution is -1.78. The molecular weight excluding hydrogens is 120 g/mol. The van der Waals surface area contributed by atoms with Gasteiger partial charge in [-0.3, -0.25) is 0 Å². The average molecular weight is 140 g/mol. The molecule has 0 heterocycles. The van der Waals surface area contributed by atoms with Crippen LogP contribution in [0.1, 0.15) is 51.4 Å². The van der Waals surface area contributed by atoms with E-state index in [1.807, 2.05) is 0 Å². The van der Waals surface area contributed by atoms with E-state index in [0.29, 0.717) is 0 Å². The van der Waals surface area contributed by atoms with Crippen LogP contribution >= 0.6 is 0 Å². The fourth-order valence-corrected chi connectivity index (χ4v) is 1.06. The molecular formula is C10H20. The van der Waals surface area contributed by atoms with Gasteiger partial charge in [0.1, 0.15) is 0 Å². The Labute approximate surface area is 66.0 Å². The van der Waals surface area contributed by atoms with Gasteiger partial charge in [-0.15, -0.1) is 0 Å². The van der Waals surface area contributed by atoms with Crippen molar-refractivity contribution in [2.45, 2.75) is 51.4 Å². The second kappa shape index (κ2) is 9.00. The van der Waals surface area contributed by atoms with Crippen LogP contribution in [-0.2, 0) is 0 Å². The molecule has 0 N–H and O–H groups in total. The van der Waals surface area contributed by atoms with Crippen LogP contribution < -0.4 is 0 Å². The molecule has 0 aromatic rings. The molecule has 10 heavy (non-hydrogen) atoms. The van der Waals surface area contributed by atoms with Gasteiger partial charge in [-0.05, 0) is 0 Å². The number of hydrogen-bond donors (Lipinski definition) is 0. The van der Waals surface area contributed by atoms with Crippen LogP contribution in [0, 0.1) is 13.8 Å². The van der Waals surface area contributed by atoms with E-state index in [0.717, 1.165) is 12.8 Å². The van der Waals surface area contributed by atoms with E-state index in [1.165, 1.54) is 38.5 Å². The van der Waals surface area contributed by atoms with Crippen LogP contribution in [0.25, 0.3) is 0 Å². The standard InChI is InChI=1S/C10H20/c1-3-5-7-9-10-8-6-4-2/h1-10H2. The molecule has 0 aliphatic carbocycles. The lowest BCUT2D eigenvalue weighted by Gasteiger charge is -1.97. The van der Waals surface area contributed by atoms with E-state index in [2.05, 4.69) is 13.8 Å². The van der Waals surface area contributed by atoms with Gasteiger partial charge in [0.25, 0.3) is 0 Å². The molecule has 0 saturated heterocycles. The summed E-state index contributed by atoms with van der Waals surface area (Å²) in [5, 5.41) is 0. The third-order valence-corrected chi connectivity index (χ3v) is 1.75. The minimum absolute atomic E-state index is 1.11. The third-order valence-electron chi connectivity index (χ3n) is 1.75. The normalized spacial score (nSPS) is 10.2. The van der Waals surface area contributed by atoms with Crippen molar-refractivity contribution in [2.75, 3.05) is 0 Å². The van der Waals surface area contributed by atoms with Crippen LogP contribution in [0.5, 0.6) is 0 Å². The maximum absolute atomic E-state index is 3.81. The van der Waals surface area contributed by atoms with E-state index in [9.17, 15) is 0 Å². The Morgan fingerprint density at radius 3 is 1.10 bits per heavy atom. The first kappa shape index (κ1) is 10.0. The van der Waals surface area contributed by atoms with Crippen molar-refractivity contribution in [3.8, 4) is 0 Å². The van der Waals surface area contributed by atoms with E-state index in [1.54, 1.807) is 0 Å². The summed E-state index contributed by atoms with van der Waals surface area (Å²) in [5.74, 6) is 0. The van der Waals surface area contributed by atoms with Crippen molar-refractivity contribution in [2.24, 2.45) is 0 Å². The van der Waals surface area contributed by atoms with Crippen molar-refractivity contribution < 1.29 is 0 Å². The summed E-state index contributed by atoms with van der Waals surface area (Å²) in [6.07, 6.45) is 10.4. The molecule has 0 rings (SSSR count). The topological polar surface area (TPSA) is 0 Å². The van der Waals surface area contributed by atoms with E-state index >= 15 is 0 Å². The monoisotopic (exact) mass is 140 g/mol. The Hall–Kier alpha value is 0. The highest BCUT2D eigenvalue weighted by Gasteiger charge is 1.87. The molecule has 0 aromatic heterocycles. The van der Waals surface area contributed by atoms with Gasteiger partial charge >= 0.3 is 0 Å². The fraction of sp³-hybridized carbons (Fsp3) is 0.800. The number of hydrogen-bond acceptors (Lipinski definition) is 0. The summed E-state index contributed by atoms with van der Waals surface area (Å²) in [7, 11) is 0. The van der Waals surface area contributed by atoms with Crippen molar-refractivity contribution in [1.82, 2.24) is 0 Å². The van der Waals surface area contributed by atoms with Gasteiger partial charge in [0.2, 0.25) is 0 Å².